The maximum absolute atomic E-state index is 11.8. The van der Waals surface area contributed by atoms with E-state index in [0.717, 1.165) is 56.1 Å². The van der Waals surface area contributed by atoms with Crippen LogP contribution in [-0.4, -0.2) is 59.2 Å². The summed E-state index contributed by atoms with van der Waals surface area (Å²) in [6.45, 7) is 4.52. The summed E-state index contributed by atoms with van der Waals surface area (Å²) < 4.78 is 1.35. The van der Waals surface area contributed by atoms with Gasteiger partial charge in [-0.25, -0.2) is 4.68 Å². The van der Waals surface area contributed by atoms with E-state index in [4.69, 9.17) is 4.84 Å². The third-order valence-electron chi connectivity index (χ3n) is 4.99. The van der Waals surface area contributed by atoms with Crippen molar-refractivity contribution in [2.45, 2.75) is 12.5 Å². The van der Waals surface area contributed by atoms with Crippen LogP contribution in [0.5, 0.6) is 0 Å². The standard InChI is InChI=1S/C19H23N5O2/c1-22-19(25)11-16(13-20-22)24-9-7-23(8-10-24)14-17-12-18(21-26-17)15-5-3-2-4-6-15/h2-6,11,13,17H,7-10,12,14H2,1H3/t17-/m1/s1. The number of piperazine rings is 1. The van der Waals surface area contributed by atoms with Crippen molar-refractivity contribution in [2.24, 2.45) is 12.2 Å². The van der Waals surface area contributed by atoms with Gasteiger partial charge in [-0.3, -0.25) is 9.69 Å². The SMILES string of the molecule is Cn1ncc(N2CCN(C[C@H]3CC(c4ccccc4)=NO3)CC2)cc1=O. The van der Waals surface area contributed by atoms with E-state index in [2.05, 4.69) is 32.2 Å². The number of benzene rings is 1. The molecule has 4 rings (SSSR count). The van der Waals surface area contributed by atoms with Crippen LogP contribution in [0.1, 0.15) is 12.0 Å². The van der Waals surface area contributed by atoms with Crippen LogP contribution in [0.15, 0.2) is 52.5 Å². The summed E-state index contributed by atoms with van der Waals surface area (Å²) in [5.41, 5.74) is 2.99. The van der Waals surface area contributed by atoms with E-state index in [1.807, 2.05) is 18.2 Å². The monoisotopic (exact) mass is 353 g/mol. The van der Waals surface area contributed by atoms with Crippen LogP contribution < -0.4 is 10.5 Å². The summed E-state index contributed by atoms with van der Waals surface area (Å²) in [6.07, 6.45) is 2.72. The van der Waals surface area contributed by atoms with E-state index in [-0.39, 0.29) is 11.7 Å². The molecule has 0 amide bonds. The Morgan fingerprint density at radius 2 is 1.92 bits per heavy atom. The molecule has 7 nitrogen and oxygen atoms in total. The Morgan fingerprint density at radius 3 is 2.65 bits per heavy atom. The number of rotatable bonds is 4. The molecule has 0 radical (unpaired) electrons. The topological polar surface area (TPSA) is 63.0 Å². The molecule has 26 heavy (non-hydrogen) atoms. The number of aryl methyl sites for hydroxylation is 1. The number of anilines is 1. The lowest BCUT2D eigenvalue weighted by Gasteiger charge is -2.36. The summed E-state index contributed by atoms with van der Waals surface area (Å²) in [6, 6.07) is 11.9. The molecule has 136 valence electrons. The van der Waals surface area contributed by atoms with Crippen molar-refractivity contribution in [3.63, 3.8) is 0 Å². The quantitative estimate of drug-likeness (QED) is 0.824. The highest BCUT2D eigenvalue weighted by Crippen LogP contribution is 2.19. The predicted molar refractivity (Wildman–Crippen MR) is 101 cm³/mol. The first-order valence-electron chi connectivity index (χ1n) is 8.98. The van der Waals surface area contributed by atoms with E-state index in [0.29, 0.717) is 0 Å². The Hall–Kier alpha value is -2.67. The van der Waals surface area contributed by atoms with Gasteiger partial charge in [-0.15, -0.1) is 0 Å². The van der Waals surface area contributed by atoms with Gasteiger partial charge in [-0.2, -0.15) is 5.10 Å². The van der Waals surface area contributed by atoms with Crippen molar-refractivity contribution in [3.05, 3.63) is 58.5 Å². The minimum atomic E-state index is -0.0742. The Labute approximate surface area is 152 Å². The average Bonchev–Trinajstić information content (AvgIpc) is 3.14. The van der Waals surface area contributed by atoms with E-state index < -0.39 is 0 Å². The number of hydrogen-bond acceptors (Lipinski definition) is 6. The summed E-state index contributed by atoms with van der Waals surface area (Å²) in [7, 11) is 1.66. The molecule has 2 aromatic rings. The van der Waals surface area contributed by atoms with Crippen LogP contribution in [0.2, 0.25) is 0 Å². The van der Waals surface area contributed by atoms with Gasteiger partial charge < -0.3 is 9.74 Å². The van der Waals surface area contributed by atoms with Gasteiger partial charge in [0.05, 0.1) is 17.6 Å². The van der Waals surface area contributed by atoms with E-state index >= 15 is 0 Å². The molecular formula is C19H23N5O2. The molecule has 0 unspecified atom stereocenters. The third-order valence-corrected chi connectivity index (χ3v) is 4.99. The Morgan fingerprint density at radius 1 is 1.15 bits per heavy atom. The van der Waals surface area contributed by atoms with Crippen LogP contribution >= 0.6 is 0 Å². The minimum absolute atomic E-state index is 0.0742. The zero-order valence-electron chi connectivity index (χ0n) is 14.9. The minimum Gasteiger partial charge on any atom is -0.390 e. The van der Waals surface area contributed by atoms with Crippen molar-refractivity contribution in [2.75, 3.05) is 37.6 Å². The lowest BCUT2D eigenvalue weighted by molar-refractivity contribution is 0.0510. The second kappa shape index (κ2) is 7.29. The van der Waals surface area contributed by atoms with Gasteiger partial charge in [0.25, 0.3) is 5.56 Å². The van der Waals surface area contributed by atoms with E-state index in [1.165, 1.54) is 4.68 Å². The highest BCUT2D eigenvalue weighted by atomic mass is 16.6. The zero-order chi connectivity index (χ0) is 17.9. The van der Waals surface area contributed by atoms with Crippen molar-refractivity contribution in [1.29, 1.82) is 0 Å². The van der Waals surface area contributed by atoms with Crippen LogP contribution in [0.25, 0.3) is 0 Å². The fourth-order valence-corrected chi connectivity index (χ4v) is 3.44. The van der Waals surface area contributed by atoms with Crippen LogP contribution in [0, 0.1) is 0 Å². The highest BCUT2D eigenvalue weighted by molar-refractivity contribution is 6.01. The molecule has 2 aliphatic rings. The highest BCUT2D eigenvalue weighted by Gasteiger charge is 2.26. The second-order valence-corrected chi connectivity index (χ2v) is 6.80. The van der Waals surface area contributed by atoms with Gasteiger partial charge in [0, 0.05) is 52.3 Å². The first kappa shape index (κ1) is 16.8. The number of oxime groups is 1. The third kappa shape index (κ3) is 3.62. The van der Waals surface area contributed by atoms with Gasteiger partial charge in [-0.1, -0.05) is 35.5 Å². The lowest BCUT2D eigenvalue weighted by atomic mass is 10.0. The Bertz CT molecular complexity index is 841. The molecular weight excluding hydrogens is 330 g/mol. The van der Waals surface area contributed by atoms with Crippen molar-refractivity contribution in [3.8, 4) is 0 Å². The van der Waals surface area contributed by atoms with Gasteiger partial charge in [-0.05, 0) is 5.56 Å². The first-order valence-corrected chi connectivity index (χ1v) is 8.98. The van der Waals surface area contributed by atoms with Crippen LogP contribution in [0.4, 0.5) is 5.69 Å². The molecule has 1 atom stereocenters. The van der Waals surface area contributed by atoms with Gasteiger partial charge in [0.1, 0.15) is 6.10 Å². The van der Waals surface area contributed by atoms with Gasteiger partial charge in [0.15, 0.2) is 0 Å². The normalized spacial score (nSPS) is 20.7. The van der Waals surface area contributed by atoms with Crippen LogP contribution in [0.3, 0.4) is 0 Å². The lowest BCUT2D eigenvalue weighted by Crippen LogP contribution is -2.49. The zero-order valence-corrected chi connectivity index (χ0v) is 14.9. The van der Waals surface area contributed by atoms with Crippen molar-refractivity contribution >= 4 is 11.4 Å². The van der Waals surface area contributed by atoms with Crippen molar-refractivity contribution < 1.29 is 4.84 Å². The molecule has 1 fully saturated rings. The molecule has 3 heterocycles. The molecule has 0 spiro atoms. The molecule has 1 aromatic carbocycles. The summed E-state index contributed by atoms with van der Waals surface area (Å²) >= 11 is 0. The Balaban J connectivity index is 1.28. The summed E-state index contributed by atoms with van der Waals surface area (Å²) in [5, 5.41) is 8.37. The second-order valence-electron chi connectivity index (χ2n) is 6.80. The molecule has 1 saturated heterocycles. The number of aromatic nitrogens is 2. The maximum atomic E-state index is 11.8. The predicted octanol–water partition coefficient (Wildman–Crippen LogP) is 1.10. The molecule has 1 aromatic heterocycles. The molecule has 0 saturated carbocycles. The maximum Gasteiger partial charge on any atom is 0.268 e. The van der Waals surface area contributed by atoms with Gasteiger partial charge in [0.2, 0.25) is 0 Å². The average molecular weight is 353 g/mol. The molecule has 0 N–H and O–H groups in total. The fourth-order valence-electron chi connectivity index (χ4n) is 3.44. The number of nitrogens with zero attached hydrogens (tertiary/aromatic N) is 5. The van der Waals surface area contributed by atoms with Crippen molar-refractivity contribution in [1.82, 2.24) is 14.7 Å². The molecule has 0 aliphatic carbocycles. The fraction of sp³-hybridized carbons (Fsp3) is 0.421. The van der Waals surface area contributed by atoms with E-state index in [9.17, 15) is 4.79 Å². The Kier molecular flexibility index (Phi) is 4.71. The largest absolute Gasteiger partial charge is 0.390 e. The summed E-state index contributed by atoms with van der Waals surface area (Å²) in [5.74, 6) is 0. The summed E-state index contributed by atoms with van der Waals surface area (Å²) in [4.78, 5) is 22.0. The van der Waals surface area contributed by atoms with Gasteiger partial charge >= 0.3 is 0 Å². The molecule has 0 bridgehead atoms. The van der Waals surface area contributed by atoms with E-state index in [1.54, 1.807) is 19.3 Å². The van der Waals surface area contributed by atoms with Crippen LogP contribution in [-0.2, 0) is 11.9 Å². The first-order chi connectivity index (χ1) is 12.7. The molecule has 7 heteroatoms. The molecule has 2 aliphatic heterocycles. The number of hydrogen-bond donors (Lipinski definition) is 0. The smallest absolute Gasteiger partial charge is 0.268 e.